The van der Waals surface area contributed by atoms with Crippen molar-refractivity contribution in [3.05, 3.63) is 119 Å². The van der Waals surface area contributed by atoms with Crippen LogP contribution in [0.4, 0.5) is 0 Å². The highest BCUT2D eigenvalue weighted by atomic mass is 14.9. The molecule has 0 fully saturated rings. The van der Waals surface area contributed by atoms with Crippen molar-refractivity contribution in [1.82, 2.24) is 9.97 Å². The first-order chi connectivity index (χ1) is 16.5. The fourth-order valence-corrected chi connectivity index (χ4v) is 4.66. The molecule has 0 aliphatic rings. The summed E-state index contributed by atoms with van der Waals surface area (Å²) in [5.74, 6) is 0. The summed E-state index contributed by atoms with van der Waals surface area (Å²) >= 11 is 0. The lowest BCUT2D eigenvalue weighted by atomic mass is 9.96. The Morgan fingerprint density at radius 2 is 0.647 bits per heavy atom. The van der Waals surface area contributed by atoms with Crippen LogP contribution in [0.15, 0.2) is 97.1 Å². The third-order valence-electron chi connectivity index (χ3n) is 5.98. The summed E-state index contributed by atoms with van der Waals surface area (Å²) in [4.78, 5) is 10.7. The smallest absolute Gasteiger partial charge is 0.0973 e. The molecular formula is C32H28N2. The molecule has 2 nitrogen and oxygen atoms in total. The van der Waals surface area contributed by atoms with Crippen LogP contribution in [0.3, 0.4) is 0 Å². The molecule has 0 saturated heterocycles. The lowest BCUT2D eigenvalue weighted by Gasteiger charge is -2.17. The Kier molecular flexibility index (Phi) is 5.81. The van der Waals surface area contributed by atoms with Crippen molar-refractivity contribution >= 4 is 0 Å². The van der Waals surface area contributed by atoms with Crippen LogP contribution in [0, 0.1) is 27.7 Å². The normalized spacial score (nSPS) is 10.9. The molecule has 0 N–H and O–H groups in total. The number of nitrogens with zero attached hydrogens (tertiary/aromatic N) is 2. The summed E-state index contributed by atoms with van der Waals surface area (Å²) in [5.41, 5.74) is 12.8. The minimum Gasteiger partial charge on any atom is -0.243 e. The molecule has 2 heteroatoms. The second-order valence-corrected chi connectivity index (χ2v) is 9.10. The van der Waals surface area contributed by atoms with Gasteiger partial charge in [0.2, 0.25) is 0 Å². The van der Waals surface area contributed by atoms with E-state index in [-0.39, 0.29) is 0 Å². The first kappa shape index (κ1) is 21.8. The van der Waals surface area contributed by atoms with Crippen molar-refractivity contribution < 1.29 is 0 Å². The van der Waals surface area contributed by atoms with E-state index in [2.05, 4.69) is 113 Å². The van der Waals surface area contributed by atoms with Gasteiger partial charge in [-0.15, -0.1) is 0 Å². The van der Waals surface area contributed by atoms with Gasteiger partial charge >= 0.3 is 0 Å². The highest BCUT2D eigenvalue weighted by molar-refractivity contribution is 5.86. The SMILES string of the molecule is Cc1cc(C)cc(-c2nc(-c3cc(C)cc(C)c3)c(-c3ccccc3)nc2-c2ccccc2)c1. The summed E-state index contributed by atoms with van der Waals surface area (Å²) in [5, 5.41) is 0. The lowest BCUT2D eigenvalue weighted by molar-refractivity contribution is 1.21. The predicted octanol–water partition coefficient (Wildman–Crippen LogP) is 8.38. The van der Waals surface area contributed by atoms with E-state index in [9.17, 15) is 0 Å². The zero-order chi connectivity index (χ0) is 23.7. The Bertz CT molecular complexity index is 1320. The van der Waals surface area contributed by atoms with Crippen molar-refractivity contribution in [2.45, 2.75) is 27.7 Å². The minimum atomic E-state index is 0.901. The van der Waals surface area contributed by atoms with E-state index in [1.54, 1.807) is 0 Å². The second-order valence-electron chi connectivity index (χ2n) is 9.10. The molecule has 4 aromatic carbocycles. The largest absolute Gasteiger partial charge is 0.243 e. The Morgan fingerprint density at radius 3 is 0.971 bits per heavy atom. The molecule has 0 aliphatic heterocycles. The van der Waals surface area contributed by atoms with Gasteiger partial charge in [0.25, 0.3) is 0 Å². The van der Waals surface area contributed by atoms with Gasteiger partial charge in [-0.3, -0.25) is 0 Å². The number of benzene rings is 4. The van der Waals surface area contributed by atoms with Gasteiger partial charge < -0.3 is 0 Å². The van der Waals surface area contributed by atoms with Crippen LogP contribution in [0.25, 0.3) is 45.0 Å². The number of hydrogen-bond donors (Lipinski definition) is 0. The van der Waals surface area contributed by atoms with Gasteiger partial charge in [-0.05, 0) is 52.0 Å². The van der Waals surface area contributed by atoms with Gasteiger partial charge in [0, 0.05) is 22.3 Å². The first-order valence-electron chi connectivity index (χ1n) is 11.7. The average Bonchev–Trinajstić information content (AvgIpc) is 2.83. The van der Waals surface area contributed by atoms with Gasteiger partial charge in [-0.25, -0.2) is 9.97 Å². The molecule has 0 unspecified atom stereocenters. The number of aryl methyl sites for hydroxylation is 4. The van der Waals surface area contributed by atoms with E-state index >= 15 is 0 Å². The fourth-order valence-electron chi connectivity index (χ4n) is 4.66. The number of rotatable bonds is 4. The van der Waals surface area contributed by atoms with E-state index in [4.69, 9.17) is 9.97 Å². The molecule has 5 aromatic rings. The van der Waals surface area contributed by atoms with Crippen LogP contribution in [0.5, 0.6) is 0 Å². The van der Waals surface area contributed by atoms with Crippen LogP contribution >= 0.6 is 0 Å². The third-order valence-corrected chi connectivity index (χ3v) is 5.98. The highest BCUT2D eigenvalue weighted by Gasteiger charge is 2.20. The summed E-state index contributed by atoms with van der Waals surface area (Å²) in [6.45, 7) is 8.54. The predicted molar refractivity (Wildman–Crippen MR) is 143 cm³/mol. The zero-order valence-corrected chi connectivity index (χ0v) is 20.1. The molecule has 0 saturated carbocycles. The highest BCUT2D eigenvalue weighted by Crippen LogP contribution is 2.38. The standard InChI is InChI=1S/C32H28N2/c1-21-15-22(2)18-27(17-21)31-29(25-11-7-5-8-12-25)33-30(26-13-9-6-10-14-26)32(34-31)28-19-23(3)16-24(4)20-28/h5-20H,1-4H3. The van der Waals surface area contributed by atoms with Crippen LogP contribution in [-0.4, -0.2) is 9.97 Å². The summed E-state index contributed by atoms with van der Waals surface area (Å²) in [7, 11) is 0. The van der Waals surface area contributed by atoms with Gasteiger partial charge in [0.05, 0.1) is 22.8 Å². The molecular weight excluding hydrogens is 412 g/mol. The Balaban J connectivity index is 1.88. The van der Waals surface area contributed by atoms with Crippen LogP contribution in [0.1, 0.15) is 22.3 Å². The molecule has 0 amide bonds. The maximum atomic E-state index is 5.37. The van der Waals surface area contributed by atoms with Crippen LogP contribution in [-0.2, 0) is 0 Å². The van der Waals surface area contributed by atoms with E-state index < -0.39 is 0 Å². The van der Waals surface area contributed by atoms with Gasteiger partial charge in [0.1, 0.15) is 0 Å². The number of aromatic nitrogens is 2. The van der Waals surface area contributed by atoms with E-state index in [0.29, 0.717) is 0 Å². The van der Waals surface area contributed by atoms with Crippen molar-refractivity contribution in [2.75, 3.05) is 0 Å². The number of hydrogen-bond acceptors (Lipinski definition) is 2. The van der Waals surface area contributed by atoms with Crippen molar-refractivity contribution in [2.24, 2.45) is 0 Å². The molecule has 0 atom stereocenters. The van der Waals surface area contributed by atoms with E-state index in [0.717, 1.165) is 45.0 Å². The molecule has 1 heterocycles. The fraction of sp³-hybridized carbons (Fsp3) is 0.125. The molecule has 0 spiro atoms. The second kappa shape index (κ2) is 9.07. The summed E-state index contributed by atoms with van der Waals surface area (Å²) in [6, 6.07) is 34.0. The van der Waals surface area contributed by atoms with E-state index in [1.165, 1.54) is 22.3 Å². The molecule has 34 heavy (non-hydrogen) atoms. The average molecular weight is 441 g/mol. The topological polar surface area (TPSA) is 25.8 Å². The quantitative estimate of drug-likeness (QED) is 0.280. The van der Waals surface area contributed by atoms with Crippen LogP contribution < -0.4 is 0 Å². The lowest BCUT2D eigenvalue weighted by Crippen LogP contribution is -2.01. The van der Waals surface area contributed by atoms with Crippen molar-refractivity contribution in [3.63, 3.8) is 0 Å². The molecule has 5 rings (SSSR count). The molecule has 1 aromatic heterocycles. The maximum absolute atomic E-state index is 5.37. The van der Waals surface area contributed by atoms with Crippen molar-refractivity contribution in [3.8, 4) is 45.0 Å². The van der Waals surface area contributed by atoms with Crippen LogP contribution in [0.2, 0.25) is 0 Å². The third kappa shape index (κ3) is 4.40. The zero-order valence-electron chi connectivity index (χ0n) is 20.1. The van der Waals surface area contributed by atoms with E-state index in [1.807, 2.05) is 12.1 Å². The van der Waals surface area contributed by atoms with Gasteiger partial charge in [-0.2, -0.15) is 0 Å². The molecule has 0 aliphatic carbocycles. The maximum Gasteiger partial charge on any atom is 0.0973 e. The van der Waals surface area contributed by atoms with Gasteiger partial charge in [0.15, 0.2) is 0 Å². The molecule has 166 valence electrons. The summed E-state index contributed by atoms with van der Waals surface area (Å²) in [6.07, 6.45) is 0. The van der Waals surface area contributed by atoms with Crippen molar-refractivity contribution in [1.29, 1.82) is 0 Å². The monoisotopic (exact) mass is 440 g/mol. The van der Waals surface area contributed by atoms with Gasteiger partial charge in [-0.1, -0.05) is 95.1 Å². The summed E-state index contributed by atoms with van der Waals surface area (Å²) < 4.78 is 0. The minimum absolute atomic E-state index is 0.901. The Labute approximate surface area is 202 Å². The molecule has 0 bridgehead atoms. The Morgan fingerprint density at radius 1 is 0.353 bits per heavy atom. The first-order valence-corrected chi connectivity index (χ1v) is 11.7. The molecule has 0 radical (unpaired) electrons. The Hall–Kier alpha value is -4.04.